The Labute approximate surface area is 207 Å². The number of nitrogens with zero attached hydrogens (tertiary/aromatic N) is 2. The van der Waals surface area contributed by atoms with Gasteiger partial charge in [0.15, 0.2) is 11.6 Å². The summed E-state index contributed by atoms with van der Waals surface area (Å²) in [6.45, 7) is 3.89. The van der Waals surface area contributed by atoms with E-state index in [9.17, 15) is 9.59 Å². The number of amides is 1. The van der Waals surface area contributed by atoms with Crippen molar-refractivity contribution >= 4 is 27.9 Å². The van der Waals surface area contributed by atoms with Crippen molar-refractivity contribution in [3.8, 4) is 11.5 Å². The van der Waals surface area contributed by atoms with Crippen LogP contribution in [0.2, 0.25) is 0 Å². The zero-order chi connectivity index (χ0) is 24.4. The fourth-order valence-corrected chi connectivity index (χ4v) is 5.52. The molecule has 5 rings (SSSR count). The van der Waals surface area contributed by atoms with E-state index in [1.54, 1.807) is 15.7 Å². The predicted molar refractivity (Wildman–Crippen MR) is 137 cm³/mol. The average molecular weight is 490 g/mol. The van der Waals surface area contributed by atoms with E-state index in [4.69, 9.17) is 9.47 Å². The van der Waals surface area contributed by atoms with Crippen molar-refractivity contribution in [3.05, 3.63) is 86.3 Å². The molecule has 0 unspecified atom stereocenters. The molecule has 0 aliphatic heterocycles. The minimum absolute atomic E-state index is 0.0706. The monoisotopic (exact) mass is 489 g/mol. The topological polar surface area (TPSA) is 81.9 Å². The van der Waals surface area contributed by atoms with E-state index < -0.39 is 0 Å². The molecule has 2 heterocycles. The molecule has 0 radical (unpaired) electrons. The van der Waals surface area contributed by atoms with Crippen LogP contribution in [0.3, 0.4) is 0 Å². The first-order valence-corrected chi connectivity index (χ1v) is 12.5. The normalized spacial score (nSPS) is 12.9. The van der Waals surface area contributed by atoms with Crippen LogP contribution in [0.1, 0.15) is 40.2 Å². The molecule has 0 spiro atoms. The summed E-state index contributed by atoms with van der Waals surface area (Å²) in [5, 5.41) is 2.88. The molecule has 0 fully saturated rings. The largest absolute Gasteiger partial charge is 0.485 e. The van der Waals surface area contributed by atoms with E-state index in [1.165, 1.54) is 10.9 Å². The van der Waals surface area contributed by atoms with Crippen molar-refractivity contribution in [3.63, 3.8) is 0 Å². The van der Waals surface area contributed by atoms with Gasteiger partial charge < -0.3 is 14.8 Å². The van der Waals surface area contributed by atoms with Gasteiger partial charge in [-0.25, -0.2) is 4.98 Å². The van der Waals surface area contributed by atoms with Gasteiger partial charge in [0.2, 0.25) is 0 Å². The smallest absolute Gasteiger partial charge is 0.262 e. The molecule has 1 aliphatic carbocycles. The Morgan fingerprint density at radius 3 is 2.74 bits per heavy atom. The average Bonchev–Trinajstić information content (AvgIpc) is 3.22. The fraction of sp³-hybridized carbons (Fsp3) is 0.296. The second-order valence-corrected chi connectivity index (χ2v) is 9.84. The number of fused-ring (bicyclic) bond motifs is 3. The summed E-state index contributed by atoms with van der Waals surface area (Å²) in [5.74, 6) is 0.893. The molecule has 7 nitrogen and oxygen atoms in total. The van der Waals surface area contributed by atoms with Gasteiger partial charge in [-0.05, 0) is 68.9 Å². The molecule has 0 atom stereocenters. The molecule has 0 saturated heterocycles. The summed E-state index contributed by atoms with van der Waals surface area (Å²) in [4.78, 5) is 32.1. The van der Waals surface area contributed by atoms with Gasteiger partial charge >= 0.3 is 0 Å². The molecule has 35 heavy (non-hydrogen) atoms. The van der Waals surface area contributed by atoms with Gasteiger partial charge in [0.25, 0.3) is 11.5 Å². The summed E-state index contributed by atoms with van der Waals surface area (Å²) < 4.78 is 13.4. The number of hydrogen-bond donors (Lipinski definition) is 1. The third kappa shape index (κ3) is 5.07. The summed E-state index contributed by atoms with van der Waals surface area (Å²) >= 11 is 1.59. The zero-order valence-electron chi connectivity index (χ0n) is 19.8. The van der Waals surface area contributed by atoms with Crippen LogP contribution in [0.15, 0.2) is 53.3 Å². The zero-order valence-corrected chi connectivity index (χ0v) is 20.6. The summed E-state index contributed by atoms with van der Waals surface area (Å²) in [5.41, 5.74) is 4.10. The SMILES string of the molecule is Cc1ccc(OCc2cc(=O)n3c4c(sc3n2)CCCC4)c(NC(=O)COc2ccccc2C)c1. The third-order valence-electron chi connectivity index (χ3n) is 6.05. The van der Waals surface area contributed by atoms with Crippen LogP contribution in [0.25, 0.3) is 4.96 Å². The van der Waals surface area contributed by atoms with E-state index >= 15 is 0 Å². The van der Waals surface area contributed by atoms with Gasteiger partial charge in [-0.2, -0.15) is 0 Å². The Morgan fingerprint density at radius 2 is 1.89 bits per heavy atom. The van der Waals surface area contributed by atoms with Crippen LogP contribution in [-0.4, -0.2) is 21.9 Å². The fourth-order valence-electron chi connectivity index (χ4n) is 4.28. The minimum Gasteiger partial charge on any atom is -0.485 e. The van der Waals surface area contributed by atoms with Crippen molar-refractivity contribution in [2.24, 2.45) is 0 Å². The Morgan fingerprint density at radius 1 is 1.06 bits per heavy atom. The number of rotatable bonds is 7. The Balaban J connectivity index is 1.29. The van der Waals surface area contributed by atoms with Crippen LogP contribution in [0.5, 0.6) is 11.5 Å². The number of carbonyl (C=O) groups excluding carboxylic acids is 1. The maximum Gasteiger partial charge on any atom is 0.262 e. The number of anilines is 1. The van der Waals surface area contributed by atoms with E-state index in [1.807, 2.05) is 56.3 Å². The van der Waals surface area contributed by atoms with Crippen molar-refractivity contribution in [2.75, 3.05) is 11.9 Å². The maximum atomic E-state index is 12.8. The van der Waals surface area contributed by atoms with Crippen molar-refractivity contribution in [2.45, 2.75) is 46.1 Å². The first-order chi connectivity index (χ1) is 17.0. The third-order valence-corrected chi connectivity index (χ3v) is 7.19. The number of hydrogen-bond acceptors (Lipinski definition) is 6. The lowest BCUT2D eigenvalue weighted by atomic mass is 10.0. The van der Waals surface area contributed by atoms with Crippen molar-refractivity contribution in [1.29, 1.82) is 0 Å². The lowest BCUT2D eigenvalue weighted by molar-refractivity contribution is -0.118. The predicted octanol–water partition coefficient (Wildman–Crippen LogP) is 4.85. The Bertz CT molecular complexity index is 1460. The molecule has 2 aromatic carbocycles. The summed E-state index contributed by atoms with van der Waals surface area (Å²) in [6.07, 6.45) is 4.19. The van der Waals surface area contributed by atoms with Crippen LogP contribution in [0, 0.1) is 13.8 Å². The molecule has 4 aromatic rings. The number of para-hydroxylation sites is 1. The molecule has 1 aliphatic rings. The van der Waals surface area contributed by atoms with Crippen molar-refractivity contribution < 1.29 is 14.3 Å². The number of aromatic nitrogens is 2. The standard InChI is InChI=1S/C27H27N3O4S/c1-17-11-12-23(20(13-17)29-25(31)16-34-22-9-5-3-7-18(22)2)33-15-19-14-26(32)30-21-8-4-6-10-24(21)35-27(30)28-19/h3,5,7,9,11-14H,4,6,8,10,15-16H2,1-2H3,(H,29,31). The highest BCUT2D eigenvalue weighted by atomic mass is 32.1. The van der Waals surface area contributed by atoms with E-state index in [-0.39, 0.29) is 24.7 Å². The van der Waals surface area contributed by atoms with Gasteiger partial charge in [0.05, 0.1) is 11.4 Å². The molecular formula is C27H27N3O4S. The van der Waals surface area contributed by atoms with Gasteiger partial charge in [-0.15, -0.1) is 11.3 Å². The van der Waals surface area contributed by atoms with E-state index in [0.717, 1.165) is 42.5 Å². The lowest BCUT2D eigenvalue weighted by Gasteiger charge is -2.14. The van der Waals surface area contributed by atoms with Crippen LogP contribution in [0.4, 0.5) is 5.69 Å². The first kappa shape index (κ1) is 23.1. The number of carbonyl (C=O) groups is 1. The highest BCUT2D eigenvalue weighted by molar-refractivity contribution is 7.17. The maximum absolute atomic E-state index is 12.8. The highest BCUT2D eigenvalue weighted by Crippen LogP contribution is 2.29. The lowest BCUT2D eigenvalue weighted by Crippen LogP contribution is -2.21. The second kappa shape index (κ2) is 9.92. The minimum atomic E-state index is -0.286. The van der Waals surface area contributed by atoms with Crippen LogP contribution >= 0.6 is 11.3 Å². The van der Waals surface area contributed by atoms with Gasteiger partial charge in [-0.3, -0.25) is 14.0 Å². The highest BCUT2D eigenvalue weighted by Gasteiger charge is 2.19. The number of aryl methyl sites for hydroxylation is 4. The molecule has 1 amide bonds. The second-order valence-electron chi connectivity index (χ2n) is 8.77. The molecule has 0 bridgehead atoms. The van der Waals surface area contributed by atoms with Gasteiger partial charge in [0.1, 0.15) is 18.1 Å². The molecule has 8 heteroatoms. The van der Waals surface area contributed by atoms with Crippen LogP contribution < -0.4 is 20.3 Å². The Hall–Kier alpha value is -3.65. The van der Waals surface area contributed by atoms with E-state index in [2.05, 4.69) is 10.3 Å². The van der Waals surface area contributed by atoms with Crippen molar-refractivity contribution in [1.82, 2.24) is 9.38 Å². The first-order valence-electron chi connectivity index (χ1n) is 11.7. The number of ether oxygens (including phenoxy) is 2. The van der Waals surface area contributed by atoms with Gasteiger partial charge in [0, 0.05) is 16.6 Å². The number of benzene rings is 2. The van der Waals surface area contributed by atoms with E-state index in [0.29, 0.717) is 27.8 Å². The number of nitrogens with one attached hydrogen (secondary N) is 1. The van der Waals surface area contributed by atoms with Gasteiger partial charge in [-0.1, -0.05) is 24.3 Å². The van der Waals surface area contributed by atoms with Crippen LogP contribution in [-0.2, 0) is 24.2 Å². The summed E-state index contributed by atoms with van der Waals surface area (Å²) in [6, 6.07) is 14.7. The Kier molecular flexibility index (Phi) is 6.55. The molecule has 2 aromatic heterocycles. The molecule has 1 N–H and O–H groups in total. The molecule has 180 valence electrons. The molecular weight excluding hydrogens is 462 g/mol. The number of thiazole rings is 1. The quantitative estimate of drug-likeness (QED) is 0.401. The molecule has 0 saturated carbocycles. The summed E-state index contributed by atoms with van der Waals surface area (Å²) in [7, 11) is 0.